The highest BCUT2D eigenvalue weighted by Gasteiger charge is 2.20. The third kappa shape index (κ3) is 5.37. The average molecular weight is 461 g/mol. The van der Waals surface area contributed by atoms with Crippen LogP contribution in [-0.4, -0.2) is 39.6 Å². The van der Waals surface area contributed by atoms with Gasteiger partial charge in [0.1, 0.15) is 6.54 Å². The van der Waals surface area contributed by atoms with Gasteiger partial charge >= 0.3 is 11.1 Å². The predicted octanol–water partition coefficient (Wildman–Crippen LogP) is 2.69. The Hall–Kier alpha value is -3.45. The first-order valence-corrected chi connectivity index (χ1v) is 11.8. The maximum absolute atomic E-state index is 12.7. The first-order chi connectivity index (χ1) is 16.5. The molecule has 2 aromatic carbocycles. The van der Waals surface area contributed by atoms with E-state index >= 15 is 0 Å². The van der Waals surface area contributed by atoms with Gasteiger partial charge in [0.15, 0.2) is 0 Å². The van der Waals surface area contributed by atoms with E-state index in [2.05, 4.69) is 48.0 Å². The number of aryl methyl sites for hydroxylation is 1. The minimum absolute atomic E-state index is 0.171. The molecular formula is C27H32N4O3. The van der Waals surface area contributed by atoms with Gasteiger partial charge in [-0.15, -0.1) is 6.58 Å². The van der Waals surface area contributed by atoms with Gasteiger partial charge in [-0.25, -0.2) is 0 Å². The number of hydrogen-bond acceptors (Lipinski definition) is 4. The van der Waals surface area contributed by atoms with Crippen LogP contribution in [0.1, 0.15) is 24.0 Å². The van der Waals surface area contributed by atoms with Crippen molar-refractivity contribution in [3.63, 3.8) is 0 Å². The van der Waals surface area contributed by atoms with Gasteiger partial charge in [-0.3, -0.25) is 28.4 Å². The molecule has 178 valence electrons. The van der Waals surface area contributed by atoms with Gasteiger partial charge in [-0.2, -0.15) is 0 Å². The number of piperidine rings is 1. The number of nitrogens with zero attached hydrogens (tertiary/aromatic N) is 3. The summed E-state index contributed by atoms with van der Waals surface area (Å²) in [5.74, 6) is 0.155. The predicted molar refractivity (Wildman–Crippen MR) is 135 cm³/mol. The summed E-state index contributed by atoms with van der Waals surface area (Å²) in [7, 11) is 0. The van der Waals surface area contributed by atoms with Crippen LogP contribution in [0, 0.1) is 12.8 Å². The zero-order valence-corrected chi connectivity index (χ0v) is 19.7. The van der Waals surface area contributed by atoms with E-state index in [4.69, 9.17) is 0 Å². The van der Waals surface area contributed by atoms with Gasteiger partial charge < -0.3 is 5.32 Å². The summed E-state index contributed by atoms with van der Waals surface area (Å²) in [6.45, 7) is 9.36. The Bertz CT molecular complexity index is 1280. The molecule has 7 heteroatoms. The lowest BCUT2D eigenvalue weighted by molar-refractivity contribution is -0.121. The molecule has 3 aromatic rings. The van der Waals surface area contributed by atoms with Crippen LogP contribution in [0.4, 0.5) is 0 Å². The van der Waals surface area contributed by atoms with Gasteiger partial charge in [0.05, 0.1) is 11.0 Å². The van der Waals surface area contributed by atoms with Crippen molar-refractivity contribution in [2.75, 3.05) is 19.6 Å². The Kier molecular flexibility index (Phi) is 7.43. The van der Waals surface area contributed by atoms with E-state index in [9.17, 15) is 14.4 Å². The van der Waals surface area contributed by atoms with Crippen molar-refractivity contribution in [2.45, 2.75) is 39.4 Å². The van der Waals surface area contributed by atoms with E-state index in [0.717, 1.165) is 32.5 Å². The summed E-state index contributed by atoms with van der Waals surface area (Å²) >= 11 is 0. The smallest absolute Gasteiger partial charge is 0.317 e. The Morgan fingerprint density at radius 2 is 1.62 bits per heavy atom. The van der Waals surface area contributed by atoms with Crippen molar-refractivity contribution in [2.24, 2.45) is 5.92 Å². The number of benzene rings is 2. The lowest BCUT2D eigenvalue weighted by atomic mass is 9.96. The van der Waals surface area contributed by atoms with Gasteiger partial charge in [0.2, 0.25) is 5.91 Å². The van der Waals surface area contributed by atoms with Crippen molar-refractivity contribution in [3.8, 4) is 0 Å². The van der Waals surface area contributed by atoms with Crippen LogP contribution in [0.5, 0.6) is 0 Å². The Labute approximate surface area is 199 Å². The van der Waals surface area contributed by atoms with Crippen LogP contribution in [0.25, 0.3) is 11.0 Å². The maximum Gasteiger partial charge on any atom is 0.317 e. The van der Waals surface area contributed by atoms with Crippen molar-refractivity contribution in [1.82, 2.24) is 19.4 Å². The Morgan fingerprint density at radius 1 is 1.00 bits per heavy atom. The highest BCUT2D eigenvalue weighted by Crippen LogP contribution is 2.19. The largest absolute Gasteiger partial charge is 0.354 e. The normalized spacial score (nSPS) is 14.9. The number of allylic oxidation sites excluding steroid dienone is 1. The first kappa shape index (κ1) is 23.7. The second-order valence-electron chi connectivity index (χ2n) is 9.09. The lowest BCUT2D eigenvalue weighted by Gasteiger charge is -2.32. The van der Waals surface area contributed by atoms with Crippen molar-refractivity contribution in [1.29, 1.82) is 0 Å². The number of fused-ring (bicyclic) bond motifs is 1. The van der Waals surface area contributed by atoms with Crippen molar-refractivity contribution < 1.29 is 4.79 Å². The second kappa shape index (κ2) is 10.7. The van der Waals surface area contributed by atoms with Crippen molar-refractivity contribution in [3.05, 3.63) is 93.0 Å². The zero-order chi connectivity index (χ0) is 24.1. The fourth-order valence-electron chi connectivity index (χ4n) is 4.60. The molecular weight excluding hydrogens is 428 g/mol. The monoisotopic (exact) mass is 460 g/mol. The molecule has 1 amide bonds. The second-order valence-corrected chi connectivity index (χ2v) is 9.09. The van der Waals surface area contributed by atoms with Crippen LogP contribution in [0.2, 0.25) is 0 Å². The standard InChI is InChI=1S/C27H32N4O3/c1-3-14-30-23-6-4-5-7-24(23)31(27(34)26(30)33)19-25(32)28-17-21-12-15-29(16-13-21)18-22-10-8-20(2)9-11-22/h3-11,21H,1,12-19H2,2H3,(H,28,32). The van der Waals surface area contributed by atoms with E-state index in [1.54, 1.807) is 30.3 Å². The fraction of sp³-hybridized carbons (Fsp3) is 0.370. The number of likely N-dealkylation sites (tertiary alicyclic amines) is 1. The van der Waals surface area contributed by atoms with Crippen LogP contribution in [-0.2, 0) is 24.4 Å². The van der Waals surface area contributed by atoms with E-state index in [0.29, 0.717) is 23.5 Å². The Morgan fingerprint density at radius 3 is 2.26 bits per heavy atom. The maximum atomic E-state index is 12.7. The number of aromatic nitrogens is 2. The third-order valence-corrected chi connectivity index (χ3v) is 6.57. The molecule has 1 aromatic heterocycles. The summed E-state index contributed by atoms with van der Waals surface area (Å²) < 4.78 is 2.67. The van der Waals surface area contributed by atoms with Gasteiger partial charge in [-0.05, 0) is 56.5 Å². The number of amides is 1. The minimum atomic E-state index is -0.694. The third-order valence-electron chi connectivity index (χ3n) is 6.57. The summed E-state index contributed by atoms with van der Waals surface area (Å²) in [4.78, 5) is 40.5. The molecule has 0 aliphatic carbocycles. The molecule has 0 atom stereocenters. The summed E-state index contributed by atoms with van der Waals surface area (Å²) in [5.41, 5.74) is 2.43. The SMILES string of the molecule is C=CCn1c(=O)c(=O)n(CC(=O)NCC2CCN(Cc3ccc(C)cc3)CC2)c2ccccc21. The van der Waals surface area contributed by atoms with Gasteiger partial charge in [0, 0.05) is 19.6 Å². The Balaban J connectivity index is 1.34. The molecule has 0 unspecified atom stereocenters. The van der Waals surface area contributed by atoms with Crippen LogP contribution in [0.3, 0.4) is 0 Å². The molecule has 1 saturated heterocycles. The lowest BCUT2D eigenvalue weighted by Crippen LogP contribution is -2.44. The number of carbonyl (C=O) groups excluding carboxylic acids is 1. The molecule has 1 aliphatic rings. The summed E-state index contributed by atoms with van der Waals surface area (Å²) in [5, 5.41) is 2.98. The minimum Gasteiger partial charge on any atom is -0.354 e. The van der Waals surface area contributed by atoms with E-state index < -0.39 is 11.1 Å². The van der Waals surface area contributed by atoms with Gasteiger partial charge in [-0.1, -0.05) is 48.0 Å². The fourth-order valence-corrected chi connectivity index (χ4v) is 4.60. The summed E-state index contributed by atoms with van der Waals surface area (Å²) in [6, 6.07) is 15.8. The molecule has 4 rings (SSSR count). The van der Waals surface area contributed by atoms with Crippen LogP contribution < -0.4 is 16.4 Å². The highest BCUT2D eigenvalue weighted by molar-refractivity contribution is 5.80. The number of para-hydroxylation sites is 2. The molecule has 2 heterocycles. The number of nitrogens with one attached hydrogen (secondary N) is 1. The quantitative estimate of drug-likeness (QED) is 0.414. The van der Waals surface area contributed by atoms with E-state index in [1.807, 2.05) is 0 Å². The highest BCUT2D eigenvalue weighted by atomic mass is 16.2. The number of rotatable bonds is 8. The molecule has 0 radical (unpaired) electrons. The summed E-state index contributed by atoms with van der Waals surface area (Å²) in [6.07, 6.45) is 3.62. The molecule has 1 fully saturated rings. The number of carbonyl (C=O) groups is 1. The molecule has 1 N–H and O–H groups in total. The molecule has 0 spiro atoms. The molecule has 0 saturated carbocycles. The molecule has 7 nitrogen and oxygen atoms in total. The van der Waals surface area contributed by atoms with E-state index in [-0.39, 0.29) is 19.0 Å². The molecule has 1 aliphatic heterocycles. The van der Waals surface area contributed by atoms with Crippen LogP contribution in [0.15, 0.2) is 70.8 Å². The molecule has 34 heavy (non-hydrogen) atoms. The number of hydrogen-bond donors (Lipinski definition) is 1. The van der Waals surface area contributed by atoms with Crippen LogP contribution >= 0.6 is 0 Å². The van der Waals surface area contributed by atoms with Gasteiger partial charge in [0.25, 0.3) is 0 Å². The van der Waals surface area contributed by atoms with E-state index in [1.165, 1.54) is 20.3 Å². The average Bonchev–Trinajstić information content (AvgIpc) is 2.85. The molecule has 0 bridgehead atoms. The van der Waals surface area contributed by atoms with Crippen molar-refractivity contribution >= 4 is 16.9 Å². The first-order valence-electron chi connectivity index (χ1n) is 11.8. The topological polar surface area (TPSA) is 76.3 Å². The zero-order valence-electron chi connectivity index (χ0n) is 19.7.